The van der Waals surface area contributed by atoms with Crippen molar-refractivity contribution < 1.29 is 19.5 Å². The lowest BCUT2D eigenvalue weighted by atomic mass is 9.79. The Hall–Kier alpha value is -1.83. The van der Waals surface area contributed by atoms with Gasteiger partial charge in [0.25, 0.3) is 0 Å². The number of carboxylic acids is 1. The van der Waals surface area contributed by atoms with Crippen LogP contribution in [0.4, 0.5) is 0 Å². The molecular formula is C15H19NO4. The topological polar surface area (TPSA) is 74.7 Å². The molecule has 2 amide bonds. The summed E-state index contributed by atoms with van der Waals surface area (Å²) in [4.78, 5) is 37.0. The number of hydrogen-bond acceptors (Lipinski definition) is 3. The van der Waals surface area contributed by atoms with Crippen LogP contribution in [0.1, 0.15) is 51.4 Å². The van der Waals surface area contributed by atoms with Gasteiger partial charge in [-0.3, -0.25) is 14.5 Å². The van der Waals surface area contributed by atoms with Gasteiger partial charge < -0.3 is 5.11 Å². The number of hydrogen-bond donors (Lipinski definition) is 1. The molecule has 1 saturated carbocycles. The van der Waals surface area contributed by atoms with Gasteiger partial charge in [-0.25, -0.2) is 4.79 Å². The quantitative estimate of drug-likeness (QED) is 0.627. The van der Waals surface area contributed by atoms with Crippen molar-refractivity contribution in [3.05, 3.63) is 0 Å². The molecule has 1 aliphatic heterocycles. The highest BCUT2D eigenvalue weighted by Crippen LogP contribution is 2.45. The molecule has 0 aromatic heterocycles. The maximum atomic E-state index is 12.6. The van der Waals surface area contributed by atoms with Gasteiger partial charge in [0.05, 0.1) is 5.41 Å². The molecule has 1 N–H and O–H groups in total. The van der Waals surface area contributed by atoms with E-state index in [1.165, 1.54) is 0 Å². The fourth-order valence-electron chi connectivity index (χ4n) is 3.33. The summed E-state index contributed by atoms with van der Waals surface area (Å²) in [5.74, 6) is 0.315. The third-order valence-electron chi connectivity index (χ3n) is 4.40. The van der Waals surface area contributed by atoms with E-state index in [0.717, 1.165) is 30.6 Å². The van der Waals surface area contributed by atoms with E-state index in [9.17, 15) is 19.5 Å². The third-order valence-corrected chi connectivity index (χ3v) is 4.40. The fraction of sp³-hybridized carbons (Fsp3) is 0.667. The summed E-state index contributed by atoms with van der Waals surface area (Å²) < 4.78 is 0. The number of nitrogens with zero attached hydrogens (tertiary/aromatic N) is 1. The minimum absolute atomic E-state index is 0.136. The Balaban J connectivity index is 2.28. The van der Waals surface area contributed by atoms with E-state index in [1.54, 1.807) is 0 Å². The molecule has 0 bridgehead atoms. The predicted octanol–water partition coefficient (Wildman–Crippen LogP) is 1.56. The van der Waals surface area contributed by atoms with Gasteiger partial charge in [0.1, 0.15) is 6.04 Å². The summed E-state index contributed by atoms with van der Waals surface area (Å²) in [5, 5.41) is 9.20. The van der Waals surface area contributed by atoms with E-state index < -0.39 is 17.4 Å². The molecule has 0 aromatic rings. The second-order valence-electron chi connectivity index (χ2n) is 5.70. The van der Waals surface area contributed by atoms with Crippen LogP contribution in [0.25, 0.3) is 0 Å². The zero-order chi connectivity index (χ0) is 14.8. The van der Waals surface area contributed by atoms with Crippen LogP contribution in [0.15, 0.2) is 0 Å². The lowest BCUT2D eigenvalue weighted by Gasteiger charge is -2.27. The van der Waals surface area contributed by atoms with Crippen LogP contribution in [0.5, 0.6) is 0 Å². The monoisotopic (exact) mass is 277 g/mol. The summed E-state index contributed by atoms with van der Waals surface area (Å²) in [6, 6.07) is -1.22. The Morgan fingerprint density at radius 2 is 1.90 bits per heavy atom. The van der Waals surface area contributed by atoms with Crippen molar-refractivity contribution in [2.24, 2.45) is 5.41 Å². The summed E-state index contributed by atoms with van der Waals surface area (Å²) in [7, 11) is 0. The standard InChI is InChI=1S/C15H19NO4/c1-2-7-11(13(18)19)16-12(17)10-15(14(16)20)8-5-3-4-6-9-15/h1,11H,3-10H2,(H,18,19). The first-order chi connectivity index (χ1) is 9.52. The van der Waals surface area contributed by atoms with Crippen LogP contribution in [0, 0.1) is 17.8 Å². The first-order valence-electron chi connectivity index (χ1n) is 7.04. The highest BCUT2D eigenvalue weighted by Gasteiger charge is 2.53. The summed E-state index contributed by atoms with van der Waals surface area (Å²) in [5.41, 5.74) is -0.671. The third kappa shape index (κ3) is 2.43. The molecular weight excluding hydrogens is 258 g/mol. The van der Waals surface area contributed by atoms with Gasteiger partial charge in [0, 0.05) is 12.8 Å². The molecule has 1 saturated heterocycles. The maximum absolute atomic E-state index is 12.6. The van der Waals surface area contributed by atoms with Crippen molar-refractivity contribution in [2.75, 3.05) is 0 Å². The Morgan fingerprint density at radius 3 is 2.40 bits per heavy atom. The van der Waals surface area contributed by atoms with E-state index >= 15 is 0 Å². The lowest BCUT2D eigenvalue weighted by Crippen LogP contribution is -2.46. The van der Waals surface area contributed by atoms with Crippen molar-refractivity contribution in [1.82, 2.24) is 4.90 Å². The highest BCUT2D eigenvalue weighted by atomic mass is 16.4. The van der Waals surface area contributed by atoms with Crippen molar-refractivity contribution in [2.45, 2.75) is 57.4 Å². The lowest BCUT2D eigenvalue weighted by molar-refractivity contribution is -0.155. The summed E-state index contributed by atoms with van der Waals surface area (Å²) in [6.45, 7) is 0. The average Bonchev–Trinajstić information content (AvgIpc) is 2.58. The van der Waals surface area contributed by atoms with E-state index in [2.05, 4.69) is 5.92 Å². The normalized spacial score (nSPS) is 23.4. The van der Waals surface area contributed by atoms with Crippen LogP contribution in [0.3, 0.4) is 0 Å². The van der Waals surface area contributed by atoms with Gasteiger partial charge in [-0.1, -0.05) is 25.7 Å². The number of likely N-dealkylation sites (tertiary alicyclic amines) is 1. The van der Waals surface area contributed by atoms with Crippen LogP contribution in [-0.4, -0.2) is 33.8 Å². The second kappa shape index (κ2) is 5.66. The van der Waals surface area contributed by atoms with Gasteiger partial charge in [0.2, 0.25) is 11.8 Å². The maximum Gasteiger partial charge on any atom is 0.327 e. The number of carbonyl (C=O) groups excluding carboxylic acids is 2. The molecule has 108 valence electrons. The number of aliphatic carboxylic acids is 1. The highest BCUT2D eigenvalue weighted by molar-refractivity contribution is 6.08. The molecule has 0 aromatic carbocycles. The smallest absolute Gasteiger partial charge is 0.327 e. The Kier molecular flexibility index (Phi) is 4.12. The molecule has 20 heavy (non-hydrogen) atoms. The Bertz CT molecular complexity index is 469. The Labute approximate surface area is 118 Å². The van der Waals surface area contributed by atoms with Gasteiger partial charge >= 0.3 is 5.97 Å². The summed E-state index contributed by atoms with van der Waals surface area (Å²) in [6.07, 6.45) is 10.5. The predicted molar refractivity (Wildman–Crippen MR) is 71.5 cm³/mol. The zero-order valence-corrected chi connectivity index (χ0v) is 11.4. The minimum atomic E-state index is -1.22. The summed E-state index contributed by atoms with van der Waals surface area (Å²) >= 11 is 0. The van der Waals surface area contributed by atoms with Crippen molar-refractivity contribution in [3.63, 3.8) is 0 Å². The molecule has 0 radical (unpaired) electrons. The number of carbonyl (C=O) groups is 3. The van der Waals surface area contributed by atoms with Crippen LogP contribution >= 0.6 is 0 Å². The molecule has 1 unspecified atom stereocenters. The fourth-order valence-corrected chi connectivity index (χ4v) is 3.33. The average molecular weight is 277 g/mol. The second-order valence-corrected chi connectivity index (χ2v) is 5.70. The number of amides is 2. The Morgan fingerprint density at radius 1 is 1.30 bits per heavy atom. The van der Waals surface area contributed by atoms with E-state index in [4.69, 9.17) is 6.42 Å². The van der Waals surface area contributed by atoms with E-state index in [-0.39, 0.29) is 24.7 Å². The minimum Gasteiger partial charge on any atom is -0.480 e. The van der Waals surface area contributed by atoms with Crippen LogP contribution in [0.2, 0.25) is 0 Å². The molecule has 1 aliphatic carbocycles. The molecule has 1 atom stereocenters. The van der Waals surface area contributed by atoms with Crippen molar-refractivity contribution in [3.8, 4) is 12.3 Å². The molecule has 1 heterocycles. The van der Waals surface area contributed by atoms with Gasteiger partial charge in [0.15, 0.2) is 0 Å². The van der Waals surface area contributed by atoms with Crippen molar-refractivity contribution in [1.29, 1.82) is 0 Å². The molecule has 2 rings (SSSR count). The van der Waals surface area contributed by atoms with Crippen LogP contribution < -0.4 is 0 Å². The molecule has 5 heteroatoms. The largest absolute Gasteiger partial charge is 0.480 e. The number of terminal acetylenes is 1. The number of rotatable bonds is 3. The SMILES string of the molecule is C#CCC(C(=O)O)N1C(=O)CC2(CCCCCC2)C1=O. The van der Waals surface area contributed by atoms with Crippen molar-refractivity contribution >= 4 is 17.8 Å². The van der Waals surface area contributed by atoms with E-state index in [1.807, 2.05) is 0 Å². The van der Waals surface area contributed by atoms with E-state index in [0.29, 0.717) is 12.8 Å². The number of imide groups is 1. The first-order valence-corrected chi connectivity index (χ1v) is 7.04. The van der Waals surface area contributed by atoms with Gasteiger partial charge in [-0.2, -0.15) is 0 Å². The van der Waals surface area contributed by atoms with Gasteiger partial charge in [-0.15, -0.1) is 12.3 Å². The molecule has 5 nitrogen and oxygen atoms in total. The van der Waals surface area contributed by atoms with Gasteiger partial charge in [-0.05, 0) is 12.8 Å². The van der Waals surface area contributed by atoms with Crippen LogP contribution in [-0.2, 0) is 14.4 Å². The number of carboxylic acid groups (broad SMARTS) is 1. The molecule has 1 spiro atoms. The first kappa shape index (κ1) is 14.6. The molecule has 2 aliphatic rings. The molecule has 2 fully saturated rings. The zero-order valence-electron chi connectivity index (χ0n) is 11.4.